The Morgan fingerprint density at radius 2 is 1.62 bits per heavy atom. The monoisotopic (exact) mass is 504 g/mol. The standard InChI is InChI=1S/C30H40N4O3/c1-7-8-20-34-25-13-10-9-12-23(25)24-16-17-31-30(27(24)34)33(19-11-18-32(2)3)21-22-14-15-26(35-4)29(37-6)28(22)36-5/h9-10,12-17H,7-8,11,18-21H2,1-6H3. The molecule has 0 N–H and O–H groups in total. The third kappa shape index (κ3) is 5.47. The molecule has 2 aromatic carbocycles. The molecule has 0 aliphatic carbocycles. The number of pyridine rings is 1. The summed E-state index contributed by atoms with van der Waals surface area (Å²) < 4.78 is 19.5. The van der Waals surface area contributed by atoms with Crippen LogP contribution in [0, 0.1) is 0 Å². The van der Waals surface area contributed by atoms with Gasteiger partial charge in [-0.2, -0.15) is 0 Å². The molecule has 0 bridgehead atoms. The highest BCUT2D eigenvalue weighted by atomic mass is 16.5. The van der Waals surface area contributed by atoms with Crippen LogP contribution in [-0.4, -0.2) is 63.0 Å². The van der Waals surface area contributed by atoms with Gasteiger partial charge in [0.25, 0.3) is 0 Å². The average molecular weight is 505 g/mol. The number of hydrogen-bond donors (Lipinski definition) is 0. The minimum Gasteiger partial charge on any atom is -0.493 e. The number of aromatic nitrogens is 2. The number of rotatable bonds is 13. The number of methoxy groups -OCH3 is 3. The topological polar surface area (TPSA) is 52.0 Å². The quantitative estimate of drug-likeness (QED) is 0.223. The summed E-state index contributed by atoms with van der Waals surface area (Å²) in [6.07, 6.45) is 5.21. The Balaban J connectivity index is 1.87. The van der Waals surface area contributed by atoms with E-state index in [9.17, 15) is 0 Å². The van der Waals surface area contributed by atoms with Crippen molar-refractivity contribution in [2.24, 2.45) is 0 Å². The highest BCUT2D eigenvalue weighted by molar-refractivity contribution is 6.11. The van der Waals surface area contributed by atoms with Gasteiger partial charge in [-0.1, -0.05) is 31.5 Å². The Kier molecular flexibility index (Phi) is 8.77. The first-order chi connectivity index (χ1) is 18.0. The van der Waals surface area contributed by atoms with Gasteiger partial charge in [0.05, 0.1) is 26.8 Å². The van der Waals surface area contributed by atoms with Gasteiger partial charge in [0.15, 0.2) is 17.3 Å². The van der Waals surface area contributed by atoms with Crippen LogP contribution in [0.3, 0.4) is 0 Å². The molecule has 7 heteroatoms. The van der Waals surface area contributed by atoms with Crippen molar-refractivity contribution < 1.29 is 14.2 Å². The number of ether oxygens (including phenoxy) is 3. The van der Waals surface area contributed by atoms with Gasteiger partial charge in [0.1, 0.15) is 0 Å². The van der Waals surface area contributed by atoms with Crippen molar-refractivity contribution in [1.29, 1.82) is 0 Å². The summed E-state index contributed by atoms with van der Waals surface area (Å²) >= 11 is 0. The summed E-state index contributed by atoms with van der Waals surface area (Å²) in [5.41, 5.74) is 3.48. The second-order valence-electron chi connectivity index (χ2n) is 9.62. The molecule has 2 heterocycles. The number of para-hydroxylation sites is 1. The maximum atomic E-state index is 5.84. The van der Waals surface area contributed by atoms with E-state index < -0.39 is 0 Å². The lowest BCUT2D eigenvalue weighted by Crippen LogP contribution is -2.28. The van der Waals surface area contributed by atoms with Gasteiger partial charge >= 0.3 is 0 Å². The van der Waals surface area contributed by atoms with Crippen LogP contribution in [0.15, 0.2) is 48.7 Å². The van der Waals surface area contributed by atoms with E-state index in [2.05, 4.69) is 71.8 Å². The molecule has 7 nitrogen and oxygen atoms in total. The number of anilines is 1. The Labute approximate surface area is 220 Å². The predicted octanol–water partition coefficient (Wildman–Crippen LogP) is 5.97. The second-order valence-corrected chi connectivity index (χ2v) is 9.62. The van der Waals surface area contributed by atoms with Crippen molar-refractivity contribution in [2.45, 2.75) is 39.3 Å². The maximum absolute atomic E-state index is 5.84. The molecular formula is C30H40N4O3. The van der Waals surface area contributed by atoms with Gasteiger partial charge in [-0.3, -0.25) is 0 Å². The number of benzene rings is 2. The van der Waals surface area contributed by atoms with Crippen LogP contribution >= 0.6 is 0 Å². The van der Waals surface area contributed by atoms with E-state index in [1.807, 2.05) is 12.3 Å². The van der Waals surface area contributed by atoms with E-state index in [0.717, 1.165) is 50.3 Å². The maximum Gasteiger partial charge on any atom is 0.203 e. The first-order valence-electron chi connectivity index (χ1n) is 13.1. The summed E-state index contributed by atoms with van der Waals surface area (Å²) in [5.74, 6) is 2.96. The third-order valence-electron chi connectivity index (χ3n) is 6.87. The molecule has 0 amide bonds. The van der Waals surface area contributed by atoms with E-state index in [-0.39, 0.29) is 0 Å². The molecule has 0 aliphatic rings. The number of nitrogens with zero attached hydrogens (tertiary/aromatic N) is 4. The molecule has 0 atom stereocenters. The van der Waals surface area contributed by atoms with E-state index >= 15 is 0 Å². The largest absolute Gasteiger partial charge is 0.493 e. The average Bonchev–Trinajstić information content (AvgIpc) is 3.24. The number of unbranched alkanes of at least 4 members (excludes halogenated alkanes) is 1. The van der Waals surface area contributed by atoms with Crippen LogP contribution in [0.25, 0.3) is 21.8 Å². The molecule has 2 aromatic heterocycles. The number of fused-ring (bicyclic) bond motifs is 3. The highest BCUT2D eigenvalue weighted by Gasteiger charge is 2.22. The van der Waals surface area contributed by atoms with Crippen LogP contribution in [0.1, 0.15) is 31.7 Å². The zero-order valence-electron chi connectivity index (χ0n) is 23.1. The smallest absolute Gasteiger partial charge is 0.203 e. The number of hydrogen-bond acceptors (Lipinski definition) is 6. The van der Waals surface area contributed by atoms with Gasteiger partial charge < -0.3 is 28.6 Å². The summed E-state index contributed by atoms with van der Waals surface area (Å²) in [4.78, 5) is 9.60. The Bertz CT molecular complexity index is 1330. The molecule has 198 valence electrons. The second kappa shape index (κ2) is 12.2. The zero-order valence-corrected chi connectivity index (χ0v) is 23.1. The lowest BCUT2D eigenvalue weighted by atomic mass is 10.1. The fraction of sp³-hybridized carbons (Fsp3) is 0.433. The molecule has 0 aliphatic heterocycles. The zero-order chi connectivity index (χ0) is 26.4. The van der Waals surface area contributed by atoms with E-state index in [1.165, 1.54) is 21.8 Å². The van der Waals surface area contributed by atoms with Gasteiger partial charge in [-0.25, -0.2) is 4.98 Å². The highest BCUT2D eigenvalue weighted by Crippen LogP contribution is 2.41. The molecule has 0 saturated heterocycles. The number of aryl methyl sites for hydroxylation is 1. The van der Waals surface area contributed by atoms with Crippen LogP contribution in [0.5, 0.6) is 17.2 Å². The Morgan fingerprint density at radius 3 is 2.32 bits per heavy atom. The molecule has 37 heavy (non-hydrogen) atoms. The van der Waals surface area contributed by atoms with Crippen LogP contribution in [0.4, 0.5) is 5.82 Å². The lowest BCUT2D eigenvalue weighted by molar-refractivity contribution is 0.322. The van der Waals surface area contributed by atoms with Gasteiger partial charge in [0, 0.05) is 47.7 Å². The molecule has 4 aromatic rings. The van der Waals surface area contributed by atoms with Crippen LogP contribution < -0.4 is 19.1 Å². The summed E-state index contributed by atoms with van der Waals surface area (Å²) in [7, 11) is 9.20. The van der Waals surface area contributed by atoms with Gasteiger partial charge in [-0.05, 0) is 57.7 Å². The van der Waals surface area contributed by atoms with Crippen molar-refractivity contribution in [3.8, 4) is 17.2 Å². The van der Waals surface area contributed by atoms with Gasteiger partial charge in [-0.15, -0.1) is 0 Å². The fourth-order valence-electron chi connectivity index (χ4n) is 5.09. The van der Waals surface area contributed by atoms with E-state index in [4.69, 9.17) is 19.2 Å². The molecule has 0 unspecified atom stereocenters. The summed E-state index contributed by atoms with van der Waals surface area (Å²) in [6.45, 7) is 5.69. The van der Waals surface area contributed by atoms with E-state index in [1.54, 1.807) is 21.3 Å². The summed E-state index contributed by atoms with van der Waals surface area (Å²) in [6, 6.07) is 14.8. The molecule has 0 radical (unpaired) electrons. The minimum absolute atomic E-state index is 0.610. The summed E-state index contributed by atoms with van der Waals surface area (Å²) in [5, 5.41) is 2.52. The Morgan fingerprint density at radius 1 is 0.838 bits per heavy atom. The molecule has 0 spiro atoms. The van der Waals surface area contributed by atoms with Crippen molar-refractivity contribution in [3.05, 3.63) is 54.2 Å². The van der Waals surface area contributed by atoms with E-state index in [0.29, 0.717) is 23.8 Å². The van der Waals surface area contributed by atoms with Crippen LogP contribution in [-0.2, 0) is 13.1 Å². The van der Waals surface area contributed by atoms with Crippen molar-refractivity contribution in [1.82, 2.24) is 14.5 Å². The van der Waals surface area contributed by atoms with Crippen molar-refractivity contribution >= 4 is 27.6 Å². The SMILES string of the molecule is CCCCn1c2ccccc2c2ccnc(N(CCCN(C)C)Cc3ccc(OC)c(OC)c3OC)c21. The third-order valence-corrected chi connectivity index (χ3v) is 6.87. The lowest BCUT2D eigenvalue weighted by Gasteiger charge is -2.27. The molecular weight excluding hydrogens is 464 g/mol. The minimum atomic E-state index is 0.610. The first-order valence-corrected chi connectivity index (χ1v) is 13.1. The van der Waals surface area contributed by atoms with Crippen LogP contribution in [0.2, 0.25) is 0 Å². The van der Waals surface area contributed by atoms with Crippen molar-refractivity contribution in [3.63, 3.8) is 0 Å². The van der Waals surface area contributed by atoms with Crippen molar-refractivity contribution in [2.75, 3.05) is 53.4 Å². The first kappa shape index (κ1) is 26.6. The molecule has 4 rings (SSSR count). The molecule has 0 saturated carbocycles. The molecule has 0 fully saturated rings. The predicted molar refractivity (Wildman–Crippen MR) is 152 cm³/mol. The fourth-order valence-corrected chi connectivity index (χ4v) is 5.09. The normalized spacial score (nSPS) is 11.4. The van der Waals surface area contributed by atoms with Gasteiger partial charge in [0.2, 0.25) is 5.75 Å². The Hall–Kier alpha value is -3.45.